The van der Waals surface area contributed by atoms with E-state index in [0.717, 1.165) is 42.3 Å². The van der Waals surface area contributed by atoms with Crippen molar-refractivity contribution < 1.29 is 9.90 Å². The first kappa shape index (κ1) is 23.7. The SMILES string of the molecule is C[C@H]1C2C[C@H](C[C@@H]1N(CCCc1ccccc1)c1ccc(-c3ccc(C(=O)O)cc3)cc1)C2(C)C. The van der Waals surface area contributed by atoms with Crippen molar-refractivity contribution in [2.45, 2.75) is 52.5 Å². The Morgan fingerprint density at radius 2 is 1.54 bits per heavy atom. The van der Waals surface area contributed by atoms with Crippen molar-refractivity contribution in [2.24, 2.45) is 23.2 Å². The van der Waals surface area contributed by atoms with E-state index in [1.165, 1.54) is 24.1 Å². The zero-order chi connectivity index (χ0) is 24.6. The first-order valence-electron chi connectivity index (χ1n) is 13.1. The molecule has 0 amide bonds. The molecule has 0 aromatic heterocycles. The van der Waals surface area contributed by atoms with E-state index in [1.54, 1.807) is 12.1 Å². The number of anilines is 1. The fourth-order valence-corrected chi connectivity index (χ4v) is 6.77. The highest BCUT2D eigenvalue weighted by Gasteiger charge is 2.57. The summed E-state index contributed by atoms with van der Waals surface area (Å²) in [4.78, 5) is 13.9. The normalized spacial score (nSPS) is 24.4. The van der Waals surface area contributed by atoms with Gasteiger partial charge in [0.05, 0.1) is 5.56 Å². The molecule has 1 N–H and O–H groups in total. The number of aryl methyl sites for hydroxylation is 1. The summed E-state index contributed by atoms with van der Waals surface area (Å²) < 4.78 is 0. The van der Waals surface area contributed by atoms with Crippen LogP contribution < -0.4 is 4.90 Å². The van der Waals surface area contributed by atoms with E-state index < -0.39 is 5.97 Å². The minimum Gasteiger partial charge on any atom is -0.478 e. The quantitative estimate of drug-likeness (QED) is 0.371. The van der Waals surface area contributed by atoms with Crippen molar-refractivity contribution in [2.75, 3.05) is 11.4 Å². The van der Waals surface area contributed by atoms with E-state index in [1.807, 2.05) is 12.1 Å². The van der Waals surface area contributed by atoms with Gasteiger partial charge in [-0.15, -0.1) is 0 Å². The van der Waals surface area contributed by atoms with Crippen molar-refractivity contribution in [3.63, 3.8) is 0 Å². The van der Waals surface area contributed by atoms with Crippen LogP contribution in [0.3, 0.4) is 0 Å². The Morgan fingerprint density at radius 3 is 2.11 bits per heavy atom. The second kappa shape index (κ2) is 9.53. The number of carbonyl (C=O) groups is 1. The molecule has 0 heterocycles. The predicted molar refractivity (Wildman–Crippen MR) is 144 cm³/mol. The summed E-state index contributed by atoms with van der Waals surface area (Å²) in [5.41, 5.74) is 5.69. The molecule has 182 valence electrons. The van der Waals surface area contributed by atoms with Crippen LogP contribution in [0.5, 0.6) is 0 Å². The minimum atomic E-state index is -0.888. The van der Waals surface area contributed by atoms with Gasteiger partial charge in [0.2, 0.25) is 0 Å². The number of aromatic carboxylic acids is 1. The minimum absolute atomic E-state index is 0.322. The number of benzene rings is 3. The Kier molecular flexibility index (Phi) is 6.44. The van der Waals surface area contributed by atoms with E-state index in [-0.39, 0.29) is 0 Å². The predicted octanol–water partition coefficient (Wildman–Crippen LogP) is 7.56. The van der Waals surface area contributed by atoms with Gasteiger partial charge in [-0.2, -0.15) is 0 Å². The number of carboxylic acid groups (broad SMARTS) is 1. The second-order valence-corrected chi connectivity index (χ2v) is 11.2. The Labute approximate surface area is 209 Å². The third-order valence-corrected chi connectivity index (χ3v) is 9.09. The van der Waals surface area contributed by atoms with Crippen LogP contribution in [-0.2, 0) is 6.42 Å². The van der Waals surface area contributed by atoms with Crippen LogP contribution in [0.2, 0.25) is 0 Å². The summed E-state index contributed by atoms with van der Waals surface area (Å²) in [5.74, 6) is 1.45. The summed E-state index contributed by atoms with van der Waals surface area (Å²) in [6.07, 6.45) is 4.93. The summed E-state index contributed by atoms with van der Waals surface area (Å²) in [7, 11) is 0. The van der Waals surface area contributed by atoms with E-state index in [9.17, 15) is 9.90 Å². The van der Waals surface area contributed by atoms with Gasteiger partial charge in [-0.1, -0.05) is 75.4 Å². The Balaban J connectivity index is 1.36. The molecular formula is C32H37NO2. The zero-order valence-corrected chi connectivity index (χ0v) is 21.2. The smallest absolute Gasteiger partial charge is 0.335 e. The van der Waals surface area contributed by atoms with Crippen molar-refractivity contribution in [1.82, 2.24) is 0 Å². The molecule has 3 heteroatoms. The van der Waals surface area contributed by atoms with Crippen LogP contribution in [0.15, 0.2) is 78.9 Å². The monoisotopic (exact) mass is 467 g/mol. The summed E-state index contributed by atoms with van der Waals surface area (Å²) in [5, 5.41) is 9.18. The van der Waals surface area contributed by atoms with Gasteiger partial charge in [0.25, 0.3) is 0 Å². The Morgan fingerprint density at radius 1 is 0.914 bits per heavy atom. The largest absolute Gasteiger partial charge is 0.478 e. The fourth-order valence-electron chi connectivity index (χ4n) is 6.77. The fraction of sp³-hybridized carbons (Fsp3) is 0.406. The molecule has 2 bridgehead atoms. The van der Waals surface area contributed by atoms with Crippen molar-refractivity contribution in [3.05, 3.63) is 90.0 Å². The topological polar surface area (TPSA) is 40.5 Å². The molecule has 0 spiro atoms. The summed E-state index contributed by atoms with van der Waals surface area (Å²) >= 11 is 0. The van der Waals surface area contributed by atoms with Crippen molar-refractivity contribution >= 4 is 11.7 Å². The van der Waals surface area contributed by atoms with Crippen molar-refractivity contribution in [1.29, 1.82) is 0 Å². The maximum absolute atomic E-state index is 11.2. The first-order valence-corrected chi connectivity index (χ1v) is 13.1. The molecule has 3 aromatic carbocycles. The lowest BCUT2D eigenvalue weighted by Gasteiger charge is -2.63. The molecule has 3 aromatic rings. The highest BCUT2D eigenvalue weighted by molar-refractivity contribution is 5.88. The molecule has 0 aliphatic heterocycles. The molecule has 3 fully saturated rings. The number of carboxylic acids is 1. The molecular weight excluding hydrogens is 430 g/mol. The number of rotatable bonds is 8. The van der Waals surface area contributed by atoms with Gasteiger partial charge in [0.1, 0.15) is 0 Å². The van der Waals surface area contributed by atoms with E-state index in [4.69, 9.17) is 0 Å². The molecule has 0 saturated heterocycles. The molecule has 6 rings (SSSR count). The highest BCUT2D eigenvalue weighted by Crippen LogP contribution is 2.62. The van der Waals surface area contributed by atoms with Crippen LogP contribution in [0.4, 0.5) is 5.69 Å². The van der Waals surface area contributed by atoms with Gasteiger partial charge in [0, 0.05) is 18.3 Å². The third kappa shape index (κ3) is 4.61. The number of nitrogens with zero attached hydrogens (tertiary/aromatic N) is 1. The zero-order valence-electron chi connectivity index (χ0n) is 21.2. The van der Waals surface area contributed by atoms with E-state index >= 15 is 0 Å². The van der Waals surface area contributed by atoms with Crippen molar-refractivity contribution in [3.8, 4) is 11.1 Å². The second-order valence-electron chi connectivity index (χ2n) is 11.2. The van der Waals surface area contributed by atoms with Crippen LogP contribution in [0.25, 0.3) is 11.1 Å². The third-order valence-electron chi connectivity index (χ3n) is 9.09. The van der Waals surface area contributed by atoms with Gasteiger partial charge in [0.15, 0.2) is 0 Å². The molecule has 4 atom stereocenters. The van der Waals surface area contributed by atoms with Crippen LogP contribution in [0.1, 0.15) is 56.0 Å². The van der Waals surface area contributed by atoms with Gasteiger partial charge < -0.3 is 10.0 Å². The lowest BCUT2D eigenvalue weighted by atomic mass is 9.44. The maximum Gasteiger partial charge on any atom is 0.335 e. The van der Waals surface area contributed by atoms with Crippen LogP contribution in [-0.4, -0.2) is 23.7 Å². The number of hydrogen-bond donors (Lipinski definition) is 1. The van der Waals surface area contributed by atoms with Gasteiger partial charge in [-0.3, -0.25) is 0 Å². The number of hydrogen-bond acceptors (Lipinski definition) is 2. The summed E-state index contributed by atoms with van der Waals surface area (Å²) in [6, 6.07) is 27.5. The standard InChI is InChI=1S/C32H37NO2/c1-22-29-20-27(32(29,2)3)21-30(22)33(19-7-10-23-8-5-4-6-9-23)28-17-15-25(16-18-28)24-11-13-26(14-12-24)31(34)35/h4-6,8-9,11-18,22,27,29-30H,7,10,19-21H2,1-3H3,(H,34,35)/t22-,27+,29?,30-/m0/s1. The highest BCUT2D eigenvalue weighted by atomic mass is 16.4. The van der Waals surface area contributed by atoms with E-state index in [0.29, 0.717) is 22.9 Å². The molecule has 1 unspecified atom stereocenters. The van der Waals surface area contributed by atoms with Crippen LogP contribution in [0, 0.1) is 23.2 Å². The molecule has 3 nitrogen and oxygen atoms in total. The molecule has 3 aliphatic carbocycles. The molecule has 0 radical (unpaired) electrons. The van der Waals surface area contributed by atoms with Gasteiger partial charge >= 0.3 is 5.97 Å². The average molecular weight is 468 g/mol. The Hall–Kier alpha value is -3.07. The van der Waals surface area contributed by atoms with Gasteiger partial charge in [-0.25, -0.2) is 4.79 Å². The maximum atomic E-state index is 11.2. The first-order chi connectivity index (χ1) is 16.8. The van der Waals surface area contributed by atoms with E-state index in [2.05, 4.69) is 80.3 Å². The van der Waals surface area contributed by atoms with Crippen LogP contribution >= 0.6 is 0 Å². The molecule has 3 aliphatic rings. The Bertz CT molecular complexity index is 1150. The lowest BCUT2D eigenvalue weighted by Crippen LogP contribution is -2.61. The molecule has 35 heavy (non-hydrogen) atoms. The number of fused-ring (bicyclic) bond motifs is 2. The molecule has 3 saturated carbocycles. The lowest BCUT2D eigenvalue weighted by molar-refractivity contribution is -0.109. The average Bonchev–Trinajstić information content (AvgIpc) is 2.87. The summed E-state index contributed by atoms with van der Waals surface area (Å²) in [6.45, 7) is 8.50. The van der Waals surface area contributed by atoms with Gasteiger partial charge in [-0.05, 0) is 89.8 Å².